The van der Waals surface area contributed by atoms with E-state index >= 15 is 0 Å². The minimum atomic E-state index is 0.157. The van der Waals surface area contributed by atoms with E-state index in [2.05, 4.69) is 52.5 Å². The Morgan fingerprint density at radius 3 is 2.64 bits per heavy atom. The van der Waals surface area contributed by atoms with Gasteiger partial charge in [0.15, 0.2) is 0 Å². The summed E-state index contributed by atoms with van der Waals surface area (Å²) in [4.78, 5) is 8.38. The molecule has 1 atom stereocenters. The molecular formula is C20H19N5. The summed E-state index contributed by atoms with van der Waals surface area (Å²) in [6, 6.07) is 19.9. The monoisotopic (exact) mass is 329 g/mol. The molecule has 5 heteroatoms. The number of aromatic nitrogens is 2. The van der Waals surface area contributed by atoms with Crippen molar-refractivity contribution in [2.75, 3.05) is 5.73 Å². The second-order valence-corrected chi connectivity index (χ2v) is 5.81. The fraction of sp³-hybridized carbons (Fsp3) is 0.150. The predicted octanol–water partition coefficient (Wildman–Crippen LogP) is 3.45. The molecule has 0 fully saturated rings. The Morgan fingerprint density at radius 1 is 1.12 bits per heavy atom. The van der Waals surface area contributed by atoms with E-state index in [1.165, 1.54) is 5.56 Å². The fourth-order valence-electron chi connectivity index (χ4n) is 2.59. The van der Waals surface area contributed by atoms with Gasteiger partial charge >= 0.3 is 0 Å². The first kappa shape index (κ1) is 16.6. The van der Waals surface area contributed by atoms with Gasteiger partial charge in [0.2, 0.25) is 0 Å². The number of anilines is 1. The first-order valence-electron chi connectivity index (χ1n) is 8.07. The number of nitrogens with zero attached hydrogens (tertiary/aromatic N) is 3. The Kier molecular flexibility index (Phi) is 5.03. The number of hydrogen-bond donors (Lipinski definition) is 2. The Labute approximate surface area is 147 Å². The van der Waals surface area contributed by atoms with Crippen molar-refractivity contribution in [2.24, 2.45) is 0 Å². The molecule has 0 aliphatic rings. The fourth-order valence-corrected chi connectivity index (χ4v) is 2.59. The van der Waals surface area contributed by atoms with E-state index in [-0.39, 0.29) is 6.04 Å². The summed E-state index contributed by atoms with van der Waals surface area (Å²) in [6.07, 6.45) is 1.66. The maximum Gasteiger partial charge on any atom is 0.144 e. The quantitative estimate of drug-likeness (QED) is 0.748. The van der Waals surface area contributed by atoms with Crippen LogP contribution in [-0.4, -0.2) is 9.97 Å². The molecule has 2 aromatic carbocycles. The lowest BCUT2D eigenvalue weighted by Crippen LogP contribution is -2.19. The highest BCUT2D eigenvalue weighted by atomic mass is 15.0. The molecule has 0 saturated heterocycles. The van der Waals surface area contributed by atoms with Crippen molar-refractivity contribution >= 4 is 5.82 Å². The molecular weight excluding hydrogens is 310 g/mol. The summed E-state index contributed by atoms with van der Waals surface area (Å²) < 4.78 is 0. The largest absolute Gasteiger partial charge is 0.384 e. The van der Waals surface area contributed by atoms with Crippen molar-refractivity contribution in [3.8, 4) is 17.2 Å². The topological polar surface area (TPSA) is 87.6 Å². The standard InChI is InChI=1S/C20H19N5/c1-14(24-13-20-23-10-9-19(22)25-20)16-5-7-17(8-6-16)18-4-2-3-15(11-18)12-21/h2-11,14,24H,13H2,1H3,(H2,22,23,25). The van der Waals surface area contributed by atoms with Crippen LogP contribution in [0, 0.1) is 11.3 Å². The average molecular weight is 329 g/mol. The lowest BCUT2D eigenvalue weighted by molar-refractivity contribution is 0.559. The van der Waals surface area contributed by atoms with Gasteiger partial charge in [-0.05, 0) is 41.8 Å². The molecule has 3 N–H and O–H groups in total. The number of nitrogens with one attached hydrogen (secondary N) is 1. The second kappa shape index (κ2) is 7.56. The highest BCUT2D eigenvalue weighted by Gasteiger charge is 2.07. The van der Waals surface area contributed by atoms with Gasteiger partial charge in [0, 0.05) is 12.2 Å². The SMILES string of the molecule is CC(NCc1nccc(N)n1)c1ccc(-c2cccc(C#N)c2)cc1. The van der Waals surface area contributed by atoms with E-state index in [0.29, 0.717) is 23.8 Å². The Morgan fingerprint density at radius 2 is 1.92 bits per heavy atom. The molecule has 3 rings (SSSR count). The second-order valence-electron chi connectivity index (χ2n) is 5.81. The van der Waals surface area contributed by atoms with Crippen LogP contribution in [0.2, 0.25) is 0 Å². The Hall–Kier alpha value is -3.23. The zero-order valence-electron chi connectivity index (χ0n) is 14.0. The highest BCUT2D eigenvalue weighted by molar-refractivity contribution is 5.65. The van der Waals surface area contributed by atoms with Crippen molar-refractivity contribution in [2.45, 2.75) is 19.5 Å². The van der Waals surface area contributed by atoms with Crippen LogP contribution in [0.4, 0.5) is 5.82 Å². The lowest BCUT2D eigenvalue weighted by atomic mass is 10.00. The van der Waals surface area contributed by atoms with Crippen molar-refractivity contribution in [1.82, 2.24) is 15.3 Å². The number of rotatable bonds is 5. The number of nitrogen functional groups attached to an aromatic ring is 1. The van der Waals surface area contributed by atoms with Gasteiger partial charge in [-0.15, -0.1) is 0 Å². The molecule has 0 saturated carbocycles. The van der Waals surface area contributed by atoms with E-state index in [4.69, 9.17) is 11.0 Å². The summed E-state index contributed by atoms with van der Waals surface area (Å²) in [5.74, 6) is 1.15. The Bertz CT molecular complexity index is 896. The molecule has 0 radical (unpaired) electrons. The summed E-state index contributed by atoms with van der Waals surface area (Å²) in [5.41, 5.74) is 9.64. The third-order valence-corrected chi connectivity index (χ3v) is 4.03. The van der Waals surface area contributed by atoms with E-state index in [1.54, 1.807) is 12.3 Å². The molecule has 0 bridgehead atoms. The molecule has 5 nitrogen and oxygen atoms in total. The molecule has 1 heterocycles. The van der Waals surface area contributed by atoms with Gasteiger partial charge in [-0.2, -0.15) is 5.26 Å². The molecule has 3 aromatic rings. The first-order chi connectivity index (χ1) is 12.2. The smallest absolute Gasteiger partial charge is 0.144 e. The van der Waals surface area contributed by atoms with Crippen LogP contribution in [0.5, 0.6) is 0 Å². The van der Waals surface area contributed by atoms with E-state index < -0.39 is 0 Å². The van der Waals surface area contributed by atoms with Crippen molar-refractivity contribution in [3.05, 3.63) is 77.7 Å². The van der Waals surface area contributed by atoms with Crippen LogP contribution in [0.1, 0.15) is 29.9 Å². The minimum absolute atomic E-state index is 0.157. The number of nitriles is 1. The van der Waals surface area contributed by atoms with Crippen LogP contribution >= 0.6 is 0 Å². The van der Waals surface area contributed by atoms with Gasteiger partial charge in [-0.3, -0.25) is 0 Å². The van der Waals surface area contributed by atoms with Crippen LogP contribution in [0.25, 0.3) is 11.1 Å². The first-order valence-corrected chi connectivity index (χ1v) is 8.07. The van der Waals surface area contributed by atoms with Crippen LogP contribution < -0.4 is 11.1 Å². The summed E-state index contributed by atoms with van der Waals surface area (Å²) in [7, 11) is 0. The number of nitrogens with two attached hydrogens (primary N) is 1. The molecule has 0 spiro atoms. The summed E-state index contributed by atoms with van der Waals surface area (Å²) in [6.45, 7) is 2.65. The van der Waals surface area contributed by atoms with Crippen LogP contribution in [0.15, 0.2) is 60.8 Å². The molecule has 0 amide bonds. The van der Waals surface area contributed by atoms with E-state index in [1.807, 2.05) is 24.3 Å². The molecule has 1 unspecified atom stereocenters. The zero-order chi connectivity index (χ0) is 17.6. The predicted molar refractivity (Wildman–Crippen MR) is 98.3 cm³/mol. The maximum atomic E-state index is 9.02. The normalized spacial score (nSPS) is 11.7. The van der Waals surface area contributed by atoms with Crippen LogP contribution in [-0.2, 0) is 6.54 Å². The van der Waals surface area contributed by atoms with Crippen molar-refractivity contribution in [3.63, 3.8) is 0 Å². The molecule has 0 aliphatic carbocycles. The maximum absolute atomic E-state index is 9.02. The van der Waals surface area contributed by atoms with Gasteiger partial charge in [-0.1, -0.05) is 36.4 Å². The Balaban J connectivity index is 1.68. The van der Waals surface area contributed by atoms with Gasteiger partial charge in [-0.25, -0.2) is 9.97 Å². The van der Waals surface area contributed by atoms with Crippen molar-refractivity contribution in [1.29, 1.82) is 5.26 Å². The molecule has 1 aromatic heterocycles. The zero-order valence-corrected chi connectivity index (χ0v) is 14.0. The van der Waals surface area contributed by atoms with Crippen LogP contribution in [0.3, 0.4) is 0 Å². The average Bonchev–Trinajstić information content (AvgIpc) is 2.66. The van der Waals surface area contributed by atoms with E-state index in [0.717, 1.165) is 11.1 Å². The van der Waals surface area contributed by atoms with Gasteiger partial charge in [0.25, 0.3) is 0 Å². The highest BCUT2D eigenvalue weighted by Crippen LogP contribution is 2.23. The number of hydrogen-bond acceptors (Lipinski definition) is 5. The summed E-state index contributed by atoms with van der Waals surface area (Å²) in [5, 5.41) is 12.4. The molecule has 124 valence electrons. The van der Waals surface area contributed by atoms with Crippen molar-refractivity contribution < 1.29 is 0 Å². The number of benzene rings is 2. The lowest BCUT2D eigenvalue weighted by Gasteiger charge is -2.14. The molecule has 0 aliphatic heterocycles. The third-order valence-electron chi connectivity index (χ3n) is 4.03. The van der Waals surface area contributed by atoms with Gasteiger partial charge in [0.1, 0.15) is 11.6 Å². The molecule has 25 heavy (non-hydrogen) atoms. The summed E-state index contributed by atoms with van der Waals surface area (Å²) >= 11 is 0. The van der Waals surface area contributed by atoms with Gasteiger partial charge in [0.05, 0.1) is 18.2 Å². The third kappa shape index (κ3) is 4.19. The van der Waals surface area contributed by atoms with E-state index in [9.17, 15) is 0 Å². The van der Waals surface area contributed by atoms with Gasteiger partial charge < -0.3 is 11.1 Å². The minimum Gasteiger partial charge on any atom is -0.384 e.